The van der Waals surface area contributed by atoms with E-state index in [9.17, 15) is 0 Å². The third-order valence-electron chi connectivity index (χ3n) is 3.84. The predicted octanol–water partition coefficient (Wildman–Crippen LogP) is 2.32. The van der Waals surface area contributed by atoms with E-state index in [4.69, 9.17) is 0 Å². The summed E-state index contributed by atoms with van der Waals surface area (Å²) in [5, 5.41) is 9.00. The fourth-order valence-corrected chi connectivity index (χ4v) is 3.42. The standard InChI is InChI=1S/C16H28N4S/c1-13(2)4-7-18-16(17-3)19-8-10-20-9-5-15-14(12-20)6-11-21-15/h6,11,13H,4-5,7-10,12H2,1-3H3,(H2,17,18,19). The summed E-state index contributed by atoms with van der Waals surface area (Å²) in [5.41, 5.74) is 1.52. The van der Waals surface area contributed by atoms with E-state index < -0.39 is 0 Å². The van der Waals surface area contributed by atoms with Crippen LogP contribution in [-0.2, 0) is 13.0 Å². The lowest BCUT2D eigenvalue weighted by molar-refractivity contribution is 0.260. The minimum atomic E-state index is 0.726. The Labute approximate surface area is 132 Å². The van der Waals surface area contributed by atoms with Gasteiger partial charge < -0.3 is 10.6 Å². The molecule has 5 heteroatoms. The second-order valence-corrected chi connectivity index (χ2v) is 7.00. The SMILES string of the molecule is CN=C(NCCC(C)C)NCCN1CCc2sccc2C1. The van der Waals surface area contributed by atoms with Crippen molar-refractivity contribution in [3.63, 3.8) is 0 Å². The molecule has 4 nitrogen and oxygen atoms in total. The Balaban J connectivity index is 1.64. The van der Waals surface area contributed by atoms with Crippen molar-refractivity contribution < 1.29 is 0 Å². The second kappa shape index (κ2) is 8.39. The summed E-state index contributed by atoms with van der Waals surface area (Å²) in [6.07, 6.45) is 2.38. The number of hydrogen-bond donors (Lipinski definition) is 2. The van der Waals surface area contributed by atoms with E-state index in [1.165, 1.54) is 24.9 Å². The minimum Gasteiger partial charge on any atom is -0.356 e. The molecule has 1 aliphatic heterocycles. The summed E-state index contributed by atoms with van der Waals surface area (Å²) in [6.45, 7) is 9.76. The molecule has 1 aromatic heterocycles. The molecule has 1 aromatic rings. The van der Waals surface area contributed by atoms with Gasteiger partial charge >= 0.3 is 0 Å². The van der Waals surface area contributed by atoms with Crippen LogP contribution in [0.2, 0.25) is 0 Å². The Kier molecular flexibility index (Phi) is 6.51. The van der Waals surface area contributed by atoms with E-state index in [1.54, 1.807) is 4.88 Å². The van der Waals surface area contributed by atoms with Gasteiger partial charge in [0.05, 0.1) is 0 Å². The number of nitrogens with one attached hydrogen (secondary N) is 2. The third-order valence-corrected chi connectivity index (χ3v) is 4.87. The Bertz CT molecular complexity index is 453. The van der Waals surface area contributed by atoms with Crippen molar-refractivity contribution in [1.82, 2.24) is 15.5 Å². The summed E-state index contributed by atoms with van der Waals surface area (Å²) >= 11 is 1.90. The van der Waals surface area contributed by atoms with Gasteiger partial charge in [0.25, 0.3) is 0 Å². The van der Waals surface area contributed by atoms with E-state index in [-0.39, 0.29) is 0 Å². The number of rotatable bonds is 6. The van der Waals surface area contributed by atoms with Crippen molar-refractivity contribution in [3.8, 4) is 0 Å². The Morgan fingerprint density at radius 3 is 2.95 bits per heavy atom. The maximum Gasteiger partial charge on any atom is 0.191 e. The van der Waals surface area contributed by atoms with Gasteiger partial charge in [-0.2, -0.15) is 0 Å². The maximum atomic E-state index is 4.27. The molecule has 0 saturated heterocycles. The zero-order chi connectivity index (χ0) is 15.1. The highest BCUT2D eigenvalue weighted by molar-refractivity contribution is 7.10. The first-order valence-corrected chi connectivity index (χ1v) is 8.79. The van der Waals surface area contributed by atoms with Crippen molar-refractivity contribution in [1.29, 1.82) is 0 Å². The molecule has 0 radical (unpaired) electrons. The lowest BCUT2D eigenvalue weighted by atomic mass is 10.1. The van der Waals surface area contributed by atoms with Crippen LogP contribution in [0.15, 0.2) is 16.4 Å². The van der Waals surface area contributed by atoms with E-state index in [1.807, 2.05) is 18.4 Å². The van der Waals surface area contributed by atoms with Crippen LogP contribution in [0.5, 0.6) is 0 Å². The molecule has 0 unspecified atom stereocenters. The molecule has 118 valence electrons. The molecule has 0 aromatic carbocycles. The highest BCUT2D eigenvalue weighted by Gasteiger charge is 2.16. The Morgan fingerprint density at radius 2 is 2.19 bits per heavy atom. The van der Waals surface area contributed by atoms with Gasteiger partial charge in [0, 0.05) is 44.6 Å². The third kappa shape index (κ3) is 5.32. The second-order valence-electron chi connectivity index (χ2n) is 6.00. The zero-order valence-electron chi connectivity index (χ0n) is 13.5. The summed E-state index contributed by atoms with van der Waals surface area (Å²) in [4.78, 5) is 8.36. The number of hydrogen-bond acceptors (Lipinski definition) is 3. The lowest BCUT2D eigenvalue weighted by Crippen LogP contribution is -2.42. The molecule has 0 bridgehead atoms. The van der Waals surface area contributed by atoms with Crippen molar-refractivity contribution in [2.75, 3.05) is 33.2 Å². The average Bonchev–Trinajstić information content (AvgIpc) is 2.92. The molecular formula is C16H28N4S. The summed E-state index contributed by atoms with van der Waals surface area (Å²) in [5.74, 6) is 1.65. The monoisotopic (exact) mass is 308 g/mol. The summed E-state index contributed by atoms with van der Waals surface area (Å²) in [7, 11) is 1.84. The molecule has 2 heterocycles. The molecule has 2 N–H and O–H groups in total. The van der Waals surface area contributed by atoms with Crippen molar-refractivity contribution in [2.45, 2.75) is 33.2 Å². The molecule has 0 fully saturated rings. The molecular weight excluding hydrogens is 280 g/mol. The first-order chi connectivity index (χ1) is 10.2. The number of guanidine groups is 1. The van der Waals surface area contributed by atoms with Crippen molar-refractivity contribution >= 4 is 17.3 Å². The van der Waals surface area contributed by atoms with Gasteiger partial charge in [0.15, 0.2) is 5.96 Å². The van der Waals surface area contributed by atoms with Gasteiger partial charge in [0.1, 0.15) is 0 Å². The molecule has 1 aliphatic rings. The van der Waals surface area contributed by atoms with Crippen molar-refractivity contribution in [3.05, 3.63) is 21.9 Å². The van der Waals surface area contributed by atoms with Crippen LogP contribution >= 0.6 is 11.3 Å². The first-order valence-electron chi connectivity index (χ1n) is 7.91. The molecule has 0 amide bonds. The molecule has 0 atom stereocenters. The highest BCUT2D eigenvalue weighted by Crippen LogP contribution is 2.23. The number of nitrogens with zero attached hydrogens (tertiary/aromatic N) is 2. The average molecular weight is 308 g/mol. The van der Waals surface area contributed by atoms with Gasteiger partial charge in [-0.25, -0.2) is 0 Å². The predicted molar refractivity (Wildman–Crippen MR) is 92.1 cm³/mol. The van der Waals surface area contributed by atoms with Gasteiger partial charge in [0.2, 0.25) is 0 Å². The highest BCUT2D eigenvalue weighted by atomic mass is 32.1. The van der Waals surface area contributed by atoms with E-state index >= 15 is 0 Å². The zero-order valence-corrected chi connectivity index (χ0v) is 14.3. The molecule has 0 spiro atoms. The van der Waals surface area contributed by atoms with Crippen LogP contribution in [0.3, 0.4) is 0 Å². The van der Waals surface area contributed by atoms with Gasteiger partial charge in [-0.05, 0) is 35.8 Å². The largest absolute Gasteiger partial charge is 0.356 e. The van der Waals surface area contributed by atoms with Gasteiger partial charge in [-0.15, -0.1) is 11.3 Å². The van der Waals surface area contributed by atoms with Crippen molar-refractivity contribution in [2.24, 2.45) is 10.9 Å². The lowest BCUT2D eigenvalue weighted by Gasteiger charge is -2.27. The van der Waals surface area contributed by atoms with Crippen LogP contribution in [-0.4, -0.2) is 44.1 Å². The van der Waals surface area contributed by atoms with E-state index in [2.05, 4.69) is 45.8 Å². The smallest absolute Gasteiger partial charge is 0.191 e. The van der Waals surface area contributed by atoms with Crippen LogP contribution in [0.4, 0.5) is 0 Å². The number of fused-ring (bicyclic) bond motifs is 1. The number of aliphatic imine (C=N–C) groups is 1. The van der Waals surface area contributed by atoms with Crippen LogP contribution in [0.25, 0.3) is 0 Å². The van der Waals surface area contributed by atoms with Crippen LogP contribution in [0, 0.1) is 5.92 Å². The maximum absolute atomic E-state index is 4.27. The summed E-state index contributed by atoms with van der Waals surface area (Å²) < 4.78 is 0. The Hall–Kier alpha value is -1.07. The van der Waals surface area contributed by atoms with Gasteiger partial charge in [-0.3, -0.25) is 9.89 Å². The Morgan fingerprint density at radius 1 is 1.38 bits per heavy atom. The normalized spacial score (nSPS) is 16.1. The molecule has 0 saturated carbocycles. The topological polar surface area (TPSA) is 39.7 Å². The van der Waals surface area contributed by atoms with Crippen LogP contribution in [0.1, 0.15) is 30.7 Å². The fourth-order valence-electron chi connectivity index (χ4n) is 2.53. The number of thiophene rings is 1. The molecule has 21 heavy (non-hydrogen) atoms. The van der Waals surface area contributed by atoms with Crippen LogP contribution < -0.4 is 10.6 Å². The molecule has 2 rings (SSSR count). The van der Waals surface area contributed by atoms with Gasteiger partial charge in [-0.1, -0.05) is 13.8 Å². The minimum absolute atomic E-state index is 0.726. The fraction of sp³-hybridized carbons (Fsp3) is 0.688. The first kappa shape index (κ1) is 16.3. The summed E-state index contributed by atoms with van der Waals surface area (Å²) in [6, 6.07) is 2.27. The quantitative estimate of drug-likeness (QED) is 0.626. The molecule has 0 aliphatic carbocycles. The van der Waals surface area contributed by atoms with E-state index in [0.29, 0.717) is 0 Å². The van der Waals surface area contributed by atoms with E-state index in [0.717, 1.165) is 38.1 Å².